The molecule has 0 aromatic carbocycles. The molecule has 1 heteroatoms. The van der Waals surface area contributed by atoms with Gasteiger partial charge >= 0.3 is 0 Å². The van der Waals surface area contributed by atoms with Crippen molar-refractivity contribution in [3.05, 3.63) is 23.0 Å². The minimum absolute atomic E-state index is 0.375. The van der Waals surface area contributed by atoms with E-state index in [2.05, 4.69) is 19.9 Å². The van der Waals surface area contributed by atoms with Crippen molar-refractivity contribution in [2.24, 2.45) is 5.92 Å². The fraction of sp³-hybridized carbons (Fsp3) is 0.600. The second kappa shape index (κ2) is 3.12. The van der Waals surface area contributed by atoms with E-state index >= 15 is 0 Å². The van der Waals surface area contributed by atoms with Crippen LogP contribution in [0.3, 0.4) is 0 Å². The molecular formula is C10H16O. The Morgan fingerprint density at radius 1 is 1.55 bits per heavy atom. The van der Waals surface area contributed by atoms with Crippen molar-refractivity contribution in [2.45, 2.75) is 33.6 Å². The average Bonchev–Trinajstić information content (AvgIpc) is 1.96. The van der Waals surface area contributed by atoms with E-state index in [1.807, 2.05) is 6.92 Å². The summed E-state index contributed by atoms with van der Waals surface area (Å²) in [6.45, 7) is 6.21. The van der Waals surface area contributed by atoms with Gasteiger partial charge in [0.2, 0.25) is 0 Å². The van der Waals surface area contributed by atoms with Gasteiger partial charge in [-0.3, -0.25) is 0 Å². The SMILES string of the molecule is CC[C@@H]1CC(C)=CC(C)=C1O. The highest BCUT2D eigenvalue weighted by Crippen LogP contribution is 2.29. The van der Waals surface area contributed by atoms with E-state index in [4.69, 9.17) is 0 Å². The molecule has 1 aliphatic rings. The Bertz CT molecular complexity index is 211. The Morgan fingerprint density at radius 3 is 2.73 bits per heavy atom. The Labute approximate surface area is 68.4 Å². The lowest BCUT2D eigenvalue weighted by Crippen LogP contribution is -2.09. The van der Waals surface area contributed by atoms with Crippen LogP contribution in [0.25, 0.3) is 0 Å². The Balaban J connectivity index is 2.87. The monoisotopic (exact) mass is 152 g/mol. The van der Waals surface area contributed by atoms with E-state index in [1.165, 1.54) is 5.57 Å². The highest BCUT2D eigenvalue weighted by atomic mass is 16.3. The molecule has 0 radical (unpaired) electrons. The standard InChI is InChI=1S/C10H16O/c1-4-9-6-7(2)5-8(3)10(9)11/h5,9,11H,4,6H2,1-3H3/t9-/m1/s1. The Hall–Kier alpha value is -0.720. The molecule has 0 saturated heterocycles. The molecule has 0 saturated carbocycles. The first-order valence-corrected chi connectivity index (χ1v) is 4.22. The summed E-state index contributed by atoms with van der Waals surface area (Å²) in [7, 11) is 0. The van der Waals surface area contributed by atoms with Gasteiger partial charge < -0.3 is 5.11 Å². The summed E-state index contributed by atoms with van der Waals surface area (Å²) in [5.41, 5.74) is 2.42. The zero-order valence-corrected chi connectivity index (χ0v) is 7.52. The molecule has 1 rings (SSSR count). The van der Waals surface area contributed by atoms with Crippen molar-refractivity contribution in [1.82, 2.24) is 0 Å². The molecule has 0 unspecified atom stereocenters. The van der Waals surface area contributed by atoms with Crippen LogP contribution in [0.5, 0.6) is 0 Å². The molecule has 11 heavy (non-hydrogen) atoms. The van der Waals surface area contributed by atoms with Crippen LogP contribution in [-0.2, 0) is 0 Å². The summed E-state index contributed by atoms with van der Waals surface area (Å²) in [5.74, 6) is 0.970. The highest BCUT2D eigenvalue weighted by Gasteiger charge is 2.17. The minimum Gasteiger partial charge on any atom is -0.512 e. The summed E-state index contributed by atoms with van der Waals surface area (Å²) >= 11 is 0. The minimum atomic E-state index is 0.375. The third kappa shape index (κ3) is 1.65. The van der Waals surface area contributed by atoms with E-state index in [0.29, 0.717) is 11.7 Å². The topological polar surface area (TPSA) is 20.2 Å². The number of aliphatic hydroxyl groups excluding tert-OH is 1. The second-order valence-corrected chi connectivity index (χ2v) is 3.37. The molecule has 0 aromatic rings. The van der Waals surface area contributed by atoms with Crippen LogP contribution >= 0.6 is 0 Å². The van der Waals surface area contributed by atoms with Crippen LogP contribution in [0.2, 0.25) is 0 Å². The number of allylic oxidation sites excluding steroid dienone is 4. The first-order valence-electron chi connectivity index (χ1n) is 4.22. The fourth-order valence-corrected chi connectivity index (χ4v) is 1.65. The van der Waals surface area contributed by atoms with Gasteiger partial charge in [0.25, 0.3) is 0 Å². The van der Waals surface area contributed by atoms with Crippen molar-refractivity contribution in [3.8, 4) is 0 Å². The van der Waals surface area contributed by atoms with E-state index in [-0.39, 0.29) is 0 Å². The Kier molecular flexibility index (Phi) is 2.38. The molecule has 0 aliphatic heterocycles. The smallest absolute Gasteiger partial charge is 0.0985 e. The van der Waals surface area contributed by atoms with Crippen LogP contribution in [-0.4, -0.2) is 5.11 Å². The molecule has 1 N–H and O–H groups in total. The lowest BCUT2D eigenvalue weighted by atomic mass is 9.88. The van der Waals surface area contributed by atoms with Gasteiger partial charge in [0.1, 0.15) is 0 Å². The van der Waals surface area contributed by atoms with Gasteiger partial charge in [-0.05, 0) is 32.3 Å². The zero-order chi connectivity index (χ0) is 8.43. The summed E-state index contributed by atoms with van der Waals surface area (Å²) in [4.78, 5) is 0. The zero-order valence-electron chi connectivity index (χ0n) is 7.52. The highest BCUT2D eigenvalue weighted by molar-refractivity contribution is 5.29. The predicted molar refractivity (Wildman–Crippen MR) is 47.5 cm³/mol. The van der Waals surface area contributed by atoms with Crippen molar-refractivity contribution < 1.29 is 5.11 Å². The summed E-state index contributed by atoms with van der Waals surface area (Å²) in [5, 5.41) is 9.59. The number of rotatable bonds is 1. The maximum Gasteiger partial charge on any atom is 0.0985 e. The third-order valence-electron chi connectivity index (χ3n) is 2.31. The molecule has 0 aromatic heterocycles. The van der Waals surface area contributed by atoms with Crippen molar-refractivity contribution >= 4 is 0 Å². The first kappa shape index (κ1) is 8.38. The molecule has 0 bridgehead atoms. The lowest BCUT2D eigenvalue weighted by molar-refractivity contribution is 0.313. The van der Waals surface area contributed by atoms with Gasteiger partial charge in [0, 0.05) is 5.92 Å². The van der Waals surface area contributed by atoms with Crippen LogP contribution < -0.4 is 0 Å². The van der Waals surface area contributed by atoms with E-state index < -0.39 is 0 Å². The molecule has 1 aliphatic carbocycles. The predicted octanol–water partition coefficient (Wildman–Crippen LogP) is 3.19. The third-order valence-corrected chi connectivity index (χ3v) is 2.31. The van der Waals surface area contributed by atoms with E-state index in [0.717, 1.165) is 18.4 Å². The van der Waals surface area contributed by atoms with Crippen LogP contribution in [0.4, 0.5) is 0 Å². The molecule has 0 spiro atoms. The van der Waals surface area contributed by atoms with Crippen LogP contribution in [0.15, 0.2) is 23.0 Å². The number of hydrogen-bond donors (Lipinski definition) is 1. The summed E-state index contributed by atoms with van der Waals surface area (Å²) < 4.78 is 0. The lowest BCUT2D eigenvalue weighted by Gasteiger charge is -2.20. The average molecular weight is 152 g/mol. The van der Waals surface area contributed by atoms with Gasteiger partial charge in [0.15, 0.2) is 0 Å². The van der Waals surface area contributed by atoms with Crippen molar-refractivity contribution in [3.63, 3.8) is 0 Å². The maximum atomic E-state index is 9.59. The fourth-order valence-electron chi connectivity index (χ4n) is 1.65. The molecule has 0 heterocycles. The quantitative estimate of drug-likeness (QED) is 0.611. The first-order chi connectivity index (χ1) is 5.15. The summed E-state index contributed by atoms with van der Waals surface area (Å²) in [6.07, 6.45) is 4.13. The van der Waals surface area contributed by atoms with Crippen LogP contribution in [0, 0.1) is 5.92 Å². The maximum absolute atomic E-state index is 9.59. The van der Waals surface area contributed by atoms with E-state index in [1.54, 1.807) is 0 Å². The normalized spacial score (nSPS) is 25.4. The molecule has 1 nitrogen and oxygen atoms in total. The number of aliphatic hydroxyl groups is 1. The Morgan fingerprint density at radius 2 is 2.18 bits per heavy atom. The van der Waals surface area contributed by atoms with Gasteiger partial charge in [-0.2, -0.15) is 0 Å². The largest absolute Gasteiger partial charge is 0.512 e. The van der Waals surface area contributed by atoms with Gasteiger partial charge in [-0.25, -0.2) is 0 Å². The molecule has 0 amide bonds. The molecule has 1 atom stereocenters. The van der Waals surface area contributed by atoms with Gasteiger partial charge in [-0.15, -0.1) is 0 Å². The van der Waals surface area contributed by atoms with Gasteiger partial charge in [-0.1, -0.05) is 18.6 Å². The number of hydrogen-bond acceptors (Lipinski definition) is 1. The second-order valence-electron chi connectivity index (χ2n) is 3.37. The molecular weight excluding hydrogens is 136 g/mol. The van der Waals surface area contributed by atoms with Gasteiger partial charge in [0.05, 0.1) is 5.76 Å². The molecule has 0 fully saturated rings. The molecule has 62 valence electrons. The van der Waals surface area contributed by atoms with E-state index in [9.17, 15) is 5.11 Å². The van der Waals surface area contributed by atoms with Crippen molar-refractivity contribution in [1.29, 1.82) is 0 Å². The summed E-state index contributed by atoms with van der Waals surface area (Å²) in [6, 6.07) is 0. The van der Waals surface area contributed by atoms with Crippen molar-refractivity contribution in [2.75, 3.05) is 0 Å². The van der Waals surface area contributed by atoms with Crippen LogP contribution in [0.1, 0.15) is 33.6 Å².